The van der Waals surface area contributed by atoms with Gasteiger partial charge in [-0.05, 0) is 56.2 Å². The van der Waals surface area contributed by atoms with Crippen LogP contribution in [0.2, 0.25) is 0 Å². The number of likely N-dealkylation sites (tertiary alicyclic amines) is 2. The van der Waals surface area contributed by atoms with E-state index >= 15 is 0 Å². The van der Waals surface area contributed by atoms with Crippen LogP contribution in [0.15, 0.2) is 29.3 Å². The van der Waals surface area contributed by atoms with Crippen LogP contribution in [0.5, 0.6) is 0 Å². The van der Waals surface area contributed by atoms with Gasteiger partial charge in [-0.25, -0.2) is 4.99 Å². The van der Waals surface area contributed by atoms with Crippen molar-refractivity contribution in [3.05, 3.63) is 35.4 Å². The third-order valence-corrected chi connectivity index (χ3v) is 6.07. The van der Waals surface area contributed by atoms with Crippen molar-refractivity contribution in [2.24, 2.45) is 10.9 Å². The number of hydrogen-bond acceptors (Lipinski definition) is 3. The Morgan fingerprint density at radius 1 is 1.16 bits per heavy atom. The van der Waals surface area contributed by atoms with Crippen LogP contribution in [0.25, 0.3) is 0 Å². The number of benzene rings is 1. The van der Waals surface area contributed by atoms with E-state index in [1.807, 2.05) is 4.90 Å². The Labute approximate surface area is 205 Å². The lowest BCUT2D eigenvalue weighted by atomic mass is 9.99. The predicted molar refractivity (Wildman–Crippen MR) is 139 cm³/mol. The summed E-state index contributed by atoms with van der Waals surface area (Å²) >= 11 is 0. The molecule has 31 heavy (non-hydrogen) atoms. The van der Waals surface area contributed by atoms with Crippen molar-refractivity contribution >= 4 is 35.8 Å². The highest BCUT2D eigenvalue weighted by Gasteiger charge is 2.19. The van der Waals surface area contributed by atoms with Crippen LogP contribution < -0.4 is 10.6 Å². The standard InChI is InChI=1S/C24H39N5O.HI/c1-3-25-24(26-13-8-16-29-15-7-12-23(29)30)27-17-21-10-4-5-11-22(21)19-28-14-6-9-20(2)18-28;/h4-5,10-11,20H,3,6-9,12-19H2,1-2H3,(H2,25,26,27);1H. The largest absolute Gasteiger partial charge is 0.357 e. The molecule has 0 spiro atoms. The molecule has 1 atom stereocenters. The number of nitrogens with zero attached hydrogens (tertiary/aromatic N) is 3. The first-order valence-corrected chi connectivity index (χ1v) is 11.7. The average molecular weight is 542 g/mol. The molecule has 2 aliphatic rings. The van der Waals surface area contributed by atoms with Crippen LogP contribution in [0.1, 0.15) is 57.1 Å². The van der Waals surface area contributed by atoms with E-state index in [2.05, 4.69) is 53.6 Å². The molecule has 2 heterocycles. The lowest BCUT2D eigenvalue weighted by molar-refractivity contribution is -0.127. The first-order chi connectivity index (χ1) is 14.7. The molecule has 0 aliphatic carbocycles. The van der Waals surface area contributed by atoms with Crippen LogP contribution in [0, 0.1) is 5.92 Å². The van der Waals surface area contributed by atoms with Gasteiger partial charge < -0.3 is 15.5 Å². The Balaban J connectivity index is 0.00000341. The Morgan fingerprint density at radius 3 is 2.68 bits per heavy atom. The quantitative estimate of drug-likeness (QED) is 0.217. The number of rotatable bonds is 9. The summed E-state index contributed by atoms with van der Waals surface area (Å²) in [5.41, 5.74) is 2.69. The molecule has 6 nitrogen and oxygen atoms in total. The summed E-state index contributed by atoms with van der Waals surface area (Å²) in [6.07, 6.45) is 5.32. The highest BCUT2D eigenvalue weighted by molar-refractivity contribution is 14.0. The molecule has 3 rings (SSSR count). The summed E-state index contributed by atoms with van der Waals surface area (Å²) in [6, 6.07) is 8.70. The molecule has 1 unspecified atom stereocenters. The zero-order valence-electron chi connectivity index (χ0n) is 19.2. The number of aliphatic imine (C=N–C) groups is 1. The molecule has 2 N–H and O–H groups in total. The van der Waals surface area contributed by atoms with E-state index < -0.39 is 0 Å². The number of carbonyl (C=O) groups is 1. The second-order valence-electron chi connectivity index (χ2n) is 8.71. The van der Waals surface area contributed by atoms with Crippen molar-refractivity contribution < 1.29 is 4.79 Å². The van der Waals surface area contributed by atoms with Crippen LogP contribution in [0.4, 0.5) is 0 Å². The SMILES string of the molecule is CCNC(=NCc1ccccc1CN1CCCC(C)C1)NCCCN1CCCC1=O.I. The zero-order chi connectivity index (χ0) is 21.2. The smallest absolute Gasteiger partial charge is 0.222 e. The highest BCUT2D eigenvalue weighted by Crippen LogP contribution is 2.20. The minimum absolute atomic E-state index is 0. The van der Waals surface area contributed by atoms with Crippen LogP contribution >= 0.6 is 24.0 Å². The van der Waals surface area contributed by atoms with Crippen molar-refractivity contribution in [1.29, 1.82) is 0 Å². The number of nitrogens with one attached hydrogen (secondary N) is 2. The summed E-state index contributed by atoms with van der Waals surface area (Å²) < 4.78 is 0. The van der Waals surface area contributed by atoms with E-state index in [0.29, 0.717) is 18.9 Å². The van der Waals surface area contributed by atoms with Gasteiger partial charge in [-0.3, -0.25) is 9.69 Å². The molecule has 1 aromatic carbocycles. The topological polar surface area (TPSA) is 60.0 Å². The van der Waals surface area contributed by atoms with Gasteiger partial charge >= 0.3 is 0 Å². The van der Waals surface area contributed by atoms with Crippen molar-refractivity contribution in [3.8, 4) is 0 Å². The number of piperidine rings is 1. The van der Waals surface area contributed by atoms with Gasteiger partial charge in [0.2, 0.25) is 5.91 Å². The number of guanidine groups is 1. The van der Waals surface area contributed by atoms with E-state index in [9.17, 15) is 4.79 Å². The molecular formula is C24H40IN5O. The molecule has 1 aromatic rings. The molecule has 7 heteroatoms. The number of amides is 1. The maximum absolute atomic E-state index is 11.7. The molecule has 2 saturated heterocycles. The van der Waals surface area contributed by atoms with Gasteiger partial charge in [0.25, 0.3) is 0 Å². The fraction of sp³-hybridized carbons (Fsp3) is 0.667. The van der Waals surface area contributed by atoms with E-state index in [1.54, 1.807) is 0 Å². The Kier molecular flexibility index (Phi) is 11.6. The molecule has 2 aliphatic heterocycles. The summed E-state index contributed by atoms with van der Waals surface area (Å²) in [7, 11) is 0. The van der Waals surface area contributed by atoms with Crippen LogP contribution in [0.3, 0.4) is 0 Å². The van der Waals surface area contributed by atoms with Gasteiger partial charge in [0.15, 0.2) is 5.96 Å². The zero-order valence-corrected chi connectivity index (χ0v) is 21.6. The minimum atomic E-state index is 0. The van der Waals surface area contributed by atoms with Crippen molar-refractivity contribution in [2.45, 2.75) is 59.0 Å². The fourth-order valence-corrected chi connectivity index (χ4v) is 4.46. The summed E-state index contributed by atoms with van der Waals surface area (Å²) in [5, 5.41) is 6.77. The first-order valence-electron chi connectivity index (χ1n) is 11.7. The molecule has 0 aromatic heterocycles. The fourth-order valence-electron chi connectivity index (χ4n) is 4.46. The van der Waals surface area contributed by atoms with Crippen molar-refractivity contribution in [2.75, 3.05) is 39.3 Å². The van der Waals surface area contributed by atoms with Gasteiger partial charge in [-0.1, -0.05) is 31.2 Å². The van der Waals surface area contributed by atoms with Gasteiger partial charge in [-0.15, -0.1) is 24.0 Å². The van der Waals surface area contributed by atoms with Crippen molar-refractivity contribution in [3.63, 3.8) is 0 Å². The molecule has 0 radical (unpaired) electrons. The Bertz CT molecular complexity index is 711. The third-order valence-electron chi connectivity index (χ3n) is 6.07. The Hall–Kier alpha value is -1.35. The molecular weight excluding hydrogens is 501 g/mol. The molecule has 0 bridgehead atoms. The monoisotopic (exact) mass is 541 g/mol. The summed E-state index contributed by atoms with van der Waals surface area (Å²) in [5.74, 6) is 1.95. The van der Waals surface area contributed by atoms with Gasteiger partial charge in [0.1, 0.15) is 0 Å². The number of carbonyl (C=O) groups excluding carboxylic acids is 1. The molecule has 0 saturated carbocycles. The number of halogens is 1. The van der Waals surface area contributed by atoms with Gasteiger partial charge in [0, 0.05) is 45.7 Å². The average Bonchev–Trinajstić information content (AvgIpc) is 3.15. The number of hydrogen-bond donors (Lipinski definition) is 2. The molecule has 2 fully saturated rings. The first kappa shape index (κ1) is 25.9. The molecule has 174 valence electrons. The van der Waals surface area contributed by atoms with Crippen molar-refractivity contribution in [1.82, 2.24) is 20.4 Å². The highest BCUT2D eigenvalue weighted by atomic mass is 127. The second kappa shape index (κ2) is 13.9. The van der Waals surface area contributed by atoms with Crippen LogP contribution in [-0.2, 0) is 17.9 Å². The van der Waals surface area contributed by atoms with Gasteiger partial charge in [-0.2, -0.15) is 0 Å². The lowest BCUT2D eigenvalue weighted by Gasteiger charge is -2.31. The van der Waals surface area contributed by atoms with Gasteiger partial charge in [0.05, 0.1) is 6.54 Å². The van der Waals surface area contributed by atoms with E-state index in [-0.39, 0.29) is 24.0 Å². The maximum Gasteiger partial charge on any atom is 0.222 e. The van der Waals surface area contributed by atoms with Crippen LogP contribution in [-0.4, -0.2) is 60.9 Å². The minimum Gasteiger partial charge on any atom is -0.357 e. The Morgan fingerprint density at radius 2 is 1.97 bits per heavy atom. The maximum atomic E-state index is 11.7. The summed E-state index contributed by atoms with van der Waals surface area (Å²) in [6.45, 7) is 12.0. The summed E-state index contributed by atoms with van der Waals surface area (Å²) in [4.78, 5) is 21.1. The second-order valence-corrected chi connectivity index (χ2v) is 8.71. The predicted octanol–water partition coefficient (Wildman–Crippen LogP) is 3.60. The normalized spacial score (nSPS) is 19.9. The molecule has 1 amide bonds. The lowest BCUT2D eigenvalue weighted by Crippen LogP contribution is -2.39. The van der Waals surface area contributed by atoms with E-state index in [1.165, 1.54) is 37.1 Å². The van der Waals surface area contributed by atoms with E-state index in [0.717, 1.165) is 57.4 Å². The third kappa shape index (κ3) is 8.60. The van der Waals surface area contributed by atoms with E-state index in [4.69, 9.17) is 4.99 Å².